The quantitative estimate of drug-likeness (QED) is 0.697. The number of nitrogens with zero attached hydrogens (tertiary/aromatic N) is 2. The maximum Gasteiger partial charge on any atom is 0.272 e. The monoisotopic (exact) mass is 406 g/mol. The average Bonchev–Trinajstić information content (AvgIpc) is 3.36. The van der Waals surface area contributed by atoms with E-state index >= 15 is 0 Å². The van der Waals surface area contributed by atoms with E-state index in [2.05, 4.69) is 15.2 Å². The second kappa shape index (κ2) is 7.16. The van der Waals surface area contributed by atoms with Gasteiger partial charge in [-0.15, -0.1) is 0 Å². The van der Waals surface area contributed by atoms with Crippen molar-refractivity contribution in [3.05, 3.63) is 59.5 Å². The predicted octanol–water partition coefficient (Wildman–Crippen LogP) is 3.68. The van der Waals surface area contributed by atoms with Gasteiger partial charge in [0.25, 0.3) is 5.91 Å². The van der Waals surface area contributed by atoms with Gasteiger partial charge in [-0.1, -0.05) is 12.1 Å². The van der Waals surface area contributed by atoms with Crippen molar-refractivity contribution < 1.29 is 14.0 Å². The molecule has 2 amide bonds. The standard InChI is InChI=1S/C23H23FN4O2/c1-14-5-7-19(24)18-12-20(26-22(14)18)23(30)25-15-3-2-4-16(11-15)27-9-10-28-17(13-27)6-8-21(28)29/h2-5,7,11-12,17,26H,6,8-10,13H2,1H3,(H,25,30). The van der Waals surface area contributed by atoms with Crippen LogP contribution in [-0.4, -0.2) is 47.4 Å². The summed E-state index contributed by atoms with van der Waals surface area (Å²) in [5.74, 6) is -0.406. The molecule has 3 heterocycles. The molecule has 0 saturated carbocycles. The molecule has 0 aliphatic carbocycles. The molecular formula is C23H23FN4O2. The van der Waals surface area contributed by atoms with Crippen molar-refractivity contribution in [2.75, 3.05) is 29.9 Å². The van der Waals surface area contributed by atoms with Gasteiger partial charge in [-0.05, 0) is 49.2 Å². The molecule has 0 radical (unpaired) electrons. The SMILES string of the molecule is Cc1ccc(F)c2cc(C(=O)Nc3cccc(N4CCN5C(=O)CCC5C4)c3)[nH]c12. The topological polar surface area (TPSA) is 68.4 Å². The molecule has 2 aliphatic rings. The molecule has 6 nitrogen and oxygen atoms in total. The van der Waals surface area contributed by atoms with E-state index < -0.39 is 0 Å². The van der Waals surface area contributed by atoms with Gasteiger partial charge in [-0.25, -0.2) is 4.39 Å². The lowest BCUT2D eigenvalue weighted by atomic mass is 10.1. The number of anilines is 2. The number of carbonyl (C=O) groups is 2. The molecule has 0 spiro atoms. The molecule has 1 unspecified atom stereocenters. The number of rotatable bonds is 3. The Hall–Kier alpha value is -3.35. The zero-order chi connectivity index (χ0) is 20.8. The Bertz CT molecular complexity index is 1120. The zero-order valence-electron chi connectivity index (χ0n) is 16.7. The molecule has 30 heavy (non-hydrogen) atoms. The highest BCUT2D eigenvalue weighted by molar-refractivity contribution is 6.06. The summed E-state index contributed by atoms with van der Waals surface area (Å²) >= 11 is 0. The molecule has 5 rings (SSSR count). The van der Waals surface area contributed by atoms with Crippen LogP contribution in [0, 0.1) is 12.7 Å². The lowest BCUT2D eigenvalue weighted by molar-refractivity contribution is -0.129. The van der Waals surface area contributed by atoms with E-state index in [9.17, 15) is 14.0 Å². The summed E-state index contributed by atoms with van der Waals surface area (Å²) in [6.07, 6.45) is 1.54. The number of aryl methyl sites for hydroxylation is 1. The molecule has 2 saturated heterocycles. The normalized spacial score (nSPS) is 18.7. The van der Waals surface area contributed by atoms with E-state index in [0.29, 0.717) is 28.7 Å². The summed E-state index contributed by atoms with van der Waals surface area (Å²) in [7, 11) is 0. The number of amides is 2. The first-order valence-electron chi connectivity index (χ1n) is 10.2. The first-order chi connectivity index (χ1) is 14.5. The smallest absolute Gasteiger partial charge is 0.272 e. The molecular weight excluding hydrogens is 383 g/mol. The molecule has 1 aromatic heterocycles. The van der Waals surface area contributed by atoms with E-state index in [1.54, 1.807) is 12.1 Å². The van der Waals surface area contributed by atoms with Gasteiger partial charge in [0, 0.05) is 48.9 Å². The Labute approximate surface area is 173 Å². The van der Waals surface area contributed by atoms with Gasteiger partial charge in [0.2, 0.25) is 5.91 Å². The molecule has 0 bridgehead atoms. The van der Waals surface area contributed by atoms with E-state index in [0.717, 1.165) is 37.3 Å². The Morgan fingerprint density at radius 1 is 1.20 bits per heavy atom. The molecule has 2 aliphatic heterocycles. The lowest BCUT2D eigenvalue weighted by Gasteiger charge is -2.39. The summed E-state index contributed by atoms with van der Waals surface area (Å²) in [4.78, 5) is 31.9. The van der Waals surface area contributed by atoms with Crippen molar-refractivity contribution in [3.63, 3.8) is 0 Å². The van der Waals surface area contributed by atoms with Crippen LogP contribution in [0.25, 0.3) is 10.9 Å². The van der Waals surface area contributed by atoms with Gasteiger partial charge in [0.1, 0.15) is 11.5 Å². The molecule has 1 atom stereocenters. The van der Waals surface area contributed by atoms with Gasteiger partial charge < -0.3 is 20.1 Å². The largest absolute Gasteiger partial charge is 0.368 e. The van der Waals surface area contributed by atoms with E-state index in [4.69, 9.17) is 0 Å². The third-order valence-corrected chi connectivity index (χ3v) is 6.16. The summed E-state index contributed by atoms with van der Waals surface area (Å²) in [5.41, 5.74) is 3.54. The highest BCUT2D eigenvalue weighted by Gasteiger charge is 2.35. The highest BCUT2D eigenvalue weighted by atomic mass is 19.1. The third-order valence-electron chi connectivity index (χ3n) is 6.16. The van der Waals surface area contributed by atoms with Crippen molar-refractivity contribution in [3.8, 4) is 0 Å². The van der Waals surface area contributed by atoms with Gasteiger partial charge in [0.05, 0.1) is 5.52 Å². The maximum absolute atomic E-state index is 14.1. The Morgan fingerprint density at radius 3 is 2.90 bits per heavy atom. The second-order valence-electron chi connectivity index (χ2n) is 8.07. The fraction of sp³-hybridized carbons (Fsp3) is 0.304. The summed E-state index contributed by atoms with van der Waals surface area (Å²) in [6.45, 7) is 4.20. The number of halogens is 1. The fourth-order valence-electron chi connectivity index (χ4n) is 4.53. The predicted molar refractivity (Wildman–Crippen MR) is 114 cm³/mol. The number of piperazine rings is 1. The minimum atomic E-state index is -0.350. The first-order valence-corrected chi connectivity index (χ1v) is 10.2. The fourth-order valence-corrected chi connectivity index (χ4v) is 4.53. The van der Waals surface area contributed by atoms with E-state index in [1.165, 1.54) is 6.07 Å². The highest BCUT2D eigenvalue weighted by Crippen LogP contribution is 2.28. The molecule has 2 aromatic carbocycles. The summed E-state index contributed by atoms with van der Waals surface area (Å²) in [6, 6.07) is 12.6. The number of nitrogens with one attached hydrogen (secondary N) is 2. The number of fused-ring (bicyclic) bond motifs is 2. The first kappa shape index (κ1) is 18.7. The molecule has 2 N–H and O–H groups in total. The van der Waals surface area contributed by atoms with Gasteiger partial charge in [0.15, 0.2) is 0 Å². The molecule has 154 valence electrons. The van der Waals surface area contributed by atoms with Gasteiger partial charge in [-0.2, -0.15) is 0 Å². The third kappa shape index (κ3) is 3.20. The number of H-pyrrole nitrogens is 1. The van der Waals surface area contributed by atoms with Crippen molar-refractivity contribution in [1.29, 1.82) is 0 Å². The number of aromatic nitrogens is 1. The van der Waals surface area contributed by atoms with Crippen molar-refractivity contribution in [2.45, 2.75) is 25.8 Å². The minimum Gasteiger partial charge on any atom is -0.368 e. The van der Waals surface area contributed by atoms with Crippen LogP contribution in [0.15, 0.2) is 42.5 Å². The summed E-state index contributed by atoms with van der Waals surface area (Å²) in [5, 5.41) is 3.32. The Morgan fingerprint density at radius 2 is 2.07 bits per heavy atom. The van der Waals surface area contributed by atoms with Crippen LogP contribution in [0.5, 0.6) is 0 Å². The van der Waals surface area contributed by atoms with Crippen molar-refractivity contribution in [2.24, 2.45) is 0 Å². The van der Waals surface area contributed by atoms with Crippen LogP contribution in [0.4, 0.5) is 15.8 Å². The number of carbonyl (C=O) groups excluding carboxylic acids is 2. The molecule has 2 fully saturated rings. The number of aromatic amines is 1. The van der Waals surface area contributed by atoms with Crippen LogP contribution in [0.2, 0.25) is 0 Å². The zero-order valence-corrected chi connectivity index (χ0v) is 16.7. The average molecular weight is 406 g/mol. The Kier molecular flexibility index (Phi) is 4.46. The van der Waals surface area contributed by atoms with Crippen molar-refractivity contribution in [1.82, 2.24) is 9.88 Å². The van der Waals surface area contributed by atoms with E-state index in [1.807, 2.05) is 36.1 Å². The van der Waals surface area contributed by atoms with Crippen LogP contribution in [-0.2, 0) is 4.79 Å². The van der Waals surface area contributed by atoms with Crippen LogP contribution in [0.3, 0.4) is 0 Å². The second-order valence-corrected chi connectivity index (χ2v) is 8.07. The Balaban J connectivity index is 1.34. The number of hydrogen-bond acceptors (Lipinski definition) is 3. The molecule has 7 heteroatoms. The van der Waals surface area contributed by atoms with Crippen LogP contribution >= 0.6 is 0 Å². The summed E-state index contributed by atoms with van der Waals surface area (Å²) < 4.78 is 14.1. The van der Waals surface area contributed by atoms with E-state index in [-0.39, 0.29) is 23.7 Å². The number of benzene rings is 2. The van der Waals surface area contributed by atoms with Crippen LogP contribution < -0.4 is 10.2 Å². The number of hydrogen-bond donors (Lipinski definition) is 2. The molecule has 3 aromatic rings. The van der Waals surface area contributed by atoms with Gasteiger partial charge in [-0.3, -0.25) is 9.59 Å². The van der Waals surface area contributed by atoms with Crippen molar-refractivity contribution >= 4 is 34.1 Å². The van der Waals surface area contributed by atoms with Gasteiger partial charge >= 0.3 is 0 Å². The minimum absolute atomic E-state index is 0.255. The lowest BCUT2D eigenvalue weighted by Crippen LogP contribution is -2.51. The maximum atomic E-state index is 14.1. The van der Waals surface area contributed by atoms with Crippen LogP contribution in [0.1, 0.15) is 28.9 Å².